The number of hydrogen-bond acceptors (Lipinski definition) is 5. The van der Waals surface area contributed by atoms with Gasteiger partial charge in [-0.1, -0.05) is 30.3 Å². The van der Waals surface area contributed by atoms with E-state index in [0.29, 0.717) is 5.56 Å². The summed E-state index contributed by atoms with van der Waals surface area (Å²) < 4.78 is 26.8. The third kappa shape index (κ3) is 3.20. The van der Waals surface area contributed by atoms with Crippen LogP contribution < -0.4 is 9.26 Å². The molecular formula is C16H15O7P. The molecule has 0 aliphatic carbocycles. The van der Waals surface area contributed by atoms with Crippen LogP contribution in [-0.2, 0) is 15.1 Å². The predicted molar refractivity (Wildman–Crippen MR) is 83.8 cm³/mol. The maximum absolute atomic E-state index is 12.5. The van der Waals surface area contributed by atoms with Crippen molar-refractivity contribution in [1.29, 1.82) is 0 Å². The van der Waals surface area contributed by atoms with E-state index in [1.807, 2.05) is 18.2 Å². The molecule has 1 unspecified atom stereocenters. The molecule has 0 bridgehead atoms. The Morgan fingerprint density at radius 1 is 1.17 bits per heavy atom. The van der Waals surface area contributed by atoms with Crippen molar-refractivity contribution in [2.45, 2.75) is 12.2 Å². The van der Waals surface area contributed by atoms with Gasteiger partial charge in [0.05, 0.1) is 12.0 Å². The highest BCUT2D eigenvalue weighted by Gasteiger charge is 2.42. The average Bonchev–Trinajstić information content (AvgIpc) is 2.54. The van der Waals surface area contributed by atoms with Gasteiger partial charge in [0, 0.05) is 12.7 Å². The first-order chi connectivity index (χ1) is 11.3. The molecule has 24 heavy (non-hydrogen) atoms. The van der Waals surface area contributed by atoms with E-state index in [0.717, 1.165) is 0 Å². The largest absolute Gasteiger partial charge is 0.524 e. The first kappa shape index (κ1) is 16.7. The van der Waals surface area contributed by atoms with Gasteiger partial charge < -0.3 is 14.0 Å². The molecular weight excluding hydrogens is 335 g/mol. The highest BCUT2D eigenvalue weighted by molar-refractivity contribution is 7.46. The summed E-state index contributed by atoms with van der Waals surface area (Å²) in [7, 11) is -3.24. The van der Waals surface area contributed by atoms with Crippen molar-refractivity contribution >= 4 is 13.6 Å². The number of carbonyl (C=O) groups excluding carboxylic acids is 1. The minimum atomic E-state index is -4.70. The van der Waals surface area contributed by atoms with E-state index >= 15 is 0 Å². The summed E-state index contributed by atoms with van der Waals surface area (Å²) in [5.41, 5.74) is 0.881. The third-order valence-corrected chi connectivity index (χ3v) is 4.14. The van der Waals surface area contributed by atoms with Crippen LogP contribution in [0.2, 0.25) is 0 Å². The molecule has 1 heterocycles. The van der Waals surface area contributed by atoms with Crippen LogP contribution in [0, 0.1) is 0 Å². The van der Waals surface area contributed by atoms with Crippen molar-refractivity contribution in [2.75, 3.05) is 7.11 Å². The molecule has 0 saturated carbocycles. The number of fused-ring (bicyclic) bond motifs is 1. The van der Waals surface area contributed by atoms with Crippen LogP contribution in [0.25, 0.3) is 0 Å². The van der Waals surface area contributed by atoms with E-state index < -0.39 is 13.6 Å². The zero-order valence-corrected chi connectivity index (χ0v) is 13.6. The Bertz CT molecular complexity index is 814. The summed E-state index contributed by atoms with van der Waals surface area (Å²) in [4.78, 5) is 30.3. The number of hydrogen-bond donors (Lipinski definition) is 2. The lowest BCUT2D eigenvalue weighted by Gasteiger charge is -2.36. The van der Waals surface area contributed by atoms with Crippen molar-refractivity contribution in [3.63, 3.8) is 0 Å². The molecule has 7 nitrogen and oxygen atoms in total. The Morgan fingerprint density at radius 2 is 1.88 bits per heavy atom. The maximum Gasteiger partial charge on any atom is 0.524 e. The summed E-state index contributed by atoms with van der Waals surface area (Å²) >= 11 is 0. The molecule has 2 aromatic carbocycles. The van der Waals surface area contributed by atoms with E-state index in [-0.39, 0.29) is 29.3 Å². The SMILES string of the molecule is COC1(c2ccccc2)CC(=O)c2cc(OP(=O)(O)O)ccc2O1. The van der Waals surface area contributed by atoms with Gasteiger partial charge in [-0.15, -0.1) is 0 Å². The number of carbonyl (C=O) groups is 1. The fraction of sp³-hybridized carbons (Fsp3) is 0.188. The number of ether oxygens (including phenoxy) is 2. The number of rotatable bonds is 4. The summed E-state index contributed by atoms with van der Waals surface area (Å²) in [6, 6.07) is 13.1. The monoisotopic (exact) mass is 350 g/mol. The van der Waals surface area contributed by atoms with E-state index in [1.54, 1.807) is 12.1 Å². The van der Waals surface area contributed by atoms with Crippen LogP contribution in [-0.4, -0.2) is 22.7 Å². The minimum Gasteiger partial charge on any atom is -0.457 e. The summed E-state index contributed by atoms with van der Waals surface area (Å²) in [5, 5.41) is 0. The van der Waals surface area contributed by atoms with Gasteiger partial charge in [-0.3, -0.25) is 14.6 Å². The molecule has 0 saturated heterocycles. The number of phosphoric ester groups is 1. The van der Waals surface area contributed by atoms with Gasteiger partial charge in [-0.05, 0) is 18.2 Å². The van der Waals surface area contributed by atoms with Crippen LogP contribution in [0.1, 0.15) is 22.3 Å². The lowest BCUT2D eigenvalue weighted by molar-refractivity contribution is -0.173. The van der Waals surface area contributed by atoms with Crippen molar-refractivity contribution in [3.05, 3.63) is 59.7 Å². The van der Waals surface area contributed by atoms with Gasteiger partial charge in [-0.2, -0.15) is 0 Å². The molecule has 2 N–H and O–H groups in total. The molecule has 3 rings (SSSR count). The summed E-state index contributed by atoms with van der Waals surface area (Å²) in [6.07, 6.45) is -0.0696. The van der Waals surface area contributed by atoms with Crippen molar-refractivity contribution in [3.8, 4) is 11.5 Å². The molecule has 0 aromatic heterocycles. The number of phosphoric acid groups is 1. The Hall–Kier alpha value is -2.18. The van der Waals surface area contributed by atoms with Crippen LogP contribution in [0.15, 0.2) is 48.5 Å². The smallest absolute Gasteiger partial charge is 0.457 e. The third-order valence-electron chi connectivity index (χ3n) is 3.69. The molecule has 0 radical (unpaired) electrons. The number of benzene rings is 2. The van der Waals surface area contributed by atoms with E-state index in [1.165, 1.54) is 25.3 Å². The van der Waals surface area contributed by atoms with Gasteiger partial charge in [0.15, 0.2) is 5.78 Å². The Kier molecular flexibility index (Phi) is 4.19. The van der Waals surface area contributed by atoms with E-state index in [9.17, 15) is 9.36 Å². The predicted octanol–water partition coefficient (Wildman–Crippen LogP) is 2.62. The molecule has 8 heteroatoms. The van der Waals surface area contributed by atoms with Crippen molar-refractivity contribution in [1.82, 2.24) is 0 Å². The second kappa shape index (κ2) is 6.03. The average molecular weight is 350 g/mol. The van der Waals surface area contributed by atoms with Gasteiger partial charge >= 0.3 is 7.82 Å². The normalized spacial score (nSPS) is 20.2. The number of methoxy groups -OCH3 is 1. The quantitative estimate of drug-likeness (QED) is 0.817. The summed E-state index contributed by atoms with van der Waals surface area (Å²) in [6.45, 7) is 0. The number of Topliss-reactive ketones (excluding diaryl/α,β-unsaturated/α-hetero) is 1. The second-order valence-electron chi connectivity index (χ2n) is 5.26. The molecule has 1 aliphatic heterocycles. The lowest BCUT2D eigenvalue weighted by Crippen LogP contribution is -2.41. The molecule has 1 atom stereocenters. The topological polar surface area (TPSA) is 102 Å². The van der Waals surface area contributed by atoms with Crippen LogP contribution in [0.3, 0.4) is 0 Å². The Labute approximate surface area is 138 Å². The molecule has 0 fully saturated rings. The van der Waals surface area contributed by atoms with E-state index in [4.69, 9.17) is 19.3 Å². The first-order valence-corrected chi connectivity index (χ1v) is 8.58. The van der Waals surface area contributed by atoms with Gasteiger partial charge in [0.2, 0.25) is 5.79 Å². The van der Waals surface area contributed by atoms with Crippen LogP contribution >= 0.6 is 7.82 Å². The highest BCUT2D eigenvalue weighted by Crippen LogP contribution is 2.43. The van der Waals surface area contributed by atoms with E-state index in [2.05, 4.69) is 4.52 Å². The molecule has 2 aromatic rings. The molecule has 0 amide bonds. The number of ketones is 1. The summed E-state index contributed by atoms with van der Waals surface area (Å²) in [5.74, 6) is -1.37. The minimum absolute atomic E-state index is 0.0696. The van der Waals surface area contributed by atoms with Crippen molar-refractivity contribution < 1.29 is 33.1 Å². The Balaban J connectivity index is 1.99. The van der Waals surface area contributed by atoms with Gasteiger partial charge in [0.1, 0.15) is 11.5 Å². The zero-order chi connectivity index (χ0) is 17.4. The van der Waals surface area contributed by atoms with Gasteiger partial charge in [0.25, 0.3) is 0 Å². The molecule has 126 valence electrons. The molecule has 1 aliphatic rings. The standard InChI is InChI=1S/C16H15O7P/c1-21-16(11-5-3-2-4-6-11)10-14(17)13-9-12(23-24(18,19)20)7-8-15(13)22-16/h2-9H,10H2,1H3,(H2,18,19,20). The van der Waals surface area contributed by atoms with Crippen molar-refractivity contribution in [2.24, 2.45) is 0 Å². The fourth-order valence-electron chi connectivity index (χ4n) is 2.62. The lowest BCUT2D eigenvalue weighted by atomic mass is 9.93. The fourth-order valence-corrected chi connectivity index (χ4v) is 3.00. The second-order valence-corrected chi connectivity index (χ2v) is 6.43. The maximum atomic E-state index is 12.5. The first-order valence-electron chi connectivity index (χ1n) is 7.05. The van der Waals surface area contributed by atoms with Crippen LogP contribution in [0.4, 0.5) is 0 Å². The van der Waals surface area contributed by atoms with Gasteiger partial charge in [-0.25, -0.2) is 4.57 Å². The molecule has 0 spiro atoms. The highest BCUT2D eigenvalue weighted by atomic mass is 31.2. The van der Waals surface area contributed by atoms with Crippen LogP contribution in [0.5, 0.6) is 11.5 Å². The zero-order valence-electron chi connectivity index (χ0n) is 12.7. The Morgan fingerprint density at radius 3 is 2.50 bits per heavy atom.